The van der Waals surface area contributed by atoms with E-state index in [9.17, 15) is 4.79 Å². The largest absolute Gasteiger partial charge is 0.335 e. The number of benzene rings is 1. The Labute approximate surface area is 168 Å². The number of imidazole rings is 1. The summed E-state index contributed by atoms with van der Waals surface area (Å²) in [4.78, 5) is 31.3. The van der Waals surface area contributed by atoms with Gasteiger partial charge in [-0.1, -0.05) is 18.2 Å². The maximum atomic E-state index is 12.7. The minimum atomic E-state index is -0.0611. The number of H-pyrrole nitrogens is 1. The summed E-state index contributed by atoms with van der Waals surface area (Å²) in [6.45, 7) is 3.12. The van der Waals surface area contributed by atoms with Crippen molar-refractivity contribution in [3.05, 3.63) is 59.9 Å². The van der Waals surface area contributed by atoms with Gasteiger partial charge in [0.25, 0.3) is 5.91 Å². The highest BCUT2D eigenvalue weighted by Gasteiger charge is 2.36. The molecule has 1 aromatic carbocycles. The SMILES string of the molecule is Cl.O=C(c1nc2ccccc2[nH]1)N1CC(c2nccnc2C2=CCNCC2)C1. The van der Waals surface area contributed by atoms with E-state index in [4.69, 9.17) is 0 Å². The molecule has 2 aromatic heterocycles. The van der Waals surface area contributed by atoms with Gasteiger partial charge in [-0.2, -0.15) is 0 Å². The number of carbonyl (C=O) groups excluding carboxylic acids is 1. The number of hydrogen-bond acceptors (Lipinski definition) is 5. The molecule has 2 N–H and O–H groups in total. The number of aromatic nitrogens is 4. The fraction of sp³-hybridized carbons (Fsp3) is 0.300. The number of halogens is 1. The van der Waals surface area contributed by atoms with E-state index in [-0.39, 0.29) is 24.2 Å². The van der Waals surface area contributed by atoms with E-state index in [0.717, 1.165) is 41.9 Å². The molecule has 2 aliphatic heterocycles. The van der Waals surface area contributed by atoms with Crippen molar-refractivity contribution in [1.29, 1.82) is 0 Å². The average molecular weight is 397 g/mol. The molecule has 3 aromatic rings. The van der Waals surface area contributed by atoms with Crippen molar-refractivity contribution < 1.29 is 4.79 Å². The summed E-state index contributed by atoms with van der Waals surface area (Å²) < 4.78 is 0. The number of para-hydroxylation sites is 2. The second kappa shape index (κ2) is 7.69. The van der Waals surface area contributed by atoms with Crippen LogP contribution in [0.15, 0.2) is 42.7 Å². The molecule has 0 atom stereocenters. The zero-order valence-corrected chi connectivity index (χ0v) is 16.1. The Morgan fingerprint density at radius 3 is 2.75 bits per heavy atom. The maximum absolute atomic E-state index is 12.7. The molecule has 8 heteroatoms. The average Bonchev–Trinajstić information content (AvgIpc) is 3.12. The van der Waals surface area contributed by atoms with Crippen LogP contribution in [0.5, 0.6) is 0 Å². The lowest BCUT2D eigenvalue weighted by molar-refractivity contribution is 0.0586. The Hall–Kier alpha value is -2.77. The van der Waals surface area contributed by atoms with Crippen molar-refractivity contribution in [3.63, 3.8) is 0 Å². The van der Waals surface area contributed by atoms with E-state index >= 15 is 0 Å². The number of aromatic amines is 1. The number of nitrogens with zero attached hydrogens (tertiary/aromatic N) is 4. The molecule has 0 saturated carbocycles. The number of nitrogens with one attached hydrogen (secondary N) is 2. The quantitative estimate of drug-likeness (QED) is 0.709. The minimum Gasteiger partial charge on any atom is -0.335 e. The number of likely N-dealkylation sites (tertiary alicyclic amines) is 1. The summed E-state index contributed by atoms with van der Waals surface area (Å²) in [7, 11) is 0. The summed E-state index contributed by atoms with van der Waals surface area (Å²) in [6.07, 6.45) is 6.63. The zero-order chi connectivity index (χ0) is 18.2. The van der Waals surface area contributed by atoms with Gasteiger partial charge in [-0.05, 0) is 30.7 Å². The first-order chi connectivity index (χ1) is 13.3. The topological polar surface area (TPSA) is 86.8 Å². The smallest absolute Gasteiger partial charge is 0.289 e. The molecule has 0 unspecified atom stereocenters. The zero-order valence-electron chi connectivity index (χ0n) is 15.3. The third-order valence-corrected chi connectivity index (χ3v) is 5.24. The third kappa shape index (κ3) is 3.27. The minimum absolute atomic E-state index is 0. The monoisotopic (exact) mass is 396 g/mol. The van der Waals surface area contributed by atoms with Crippen LogP contribution in [-0.2, 0) is 0 Å². The van der Waals surface area contributed by atoms with E-state index in [1.54, 1.807) is 12.4 Å². The Morgan fingerprint density at radius 2 is 1.96 bits per heavy atom. The molecule has 5 rings (SSSR count). The number of amides is 1. The molecule has 7 nitrogen and oxygen atoms in total. The van der Waals surface area contributed by atoms with Crippen LogP contribution in [0, 0.1) is 0 Å². The predicted molar refractivity (Wildman–Crippen MR) is 109 cm³/mol. The van der Waals surface area contributed by atoms with Gasteiger partial charge in [-0.15, -0.1) is 12.4 Å². The summed E-state index contributed by atoms with van der Waals surface area (Å²) in [5.74, 6) is 0.557. The van der Waals surface area contributed by atoms with Crippen LogP contribution in [0.3, 0.4) is 0 Å². The molecule has 1 fully saturated rings. The lowest BCUT2D eigenvalue weighted by atomic mass is 9.91. The summed E-state index contributed by atoms with van der Waals surface area (Å²) in [5.41, 5.74) is 4.93. The summed E-state index contributed by atoms with van der Waals surface area (Å²) >= 11 is 0. The number of fused-ring (bicyclic) bond motifs is 1. The van der Waals surface area contributed by atoms with E-state index in [2.05, 4.69) is 31.3 Å². The molecule has 0 radical (unpaired) electrons. The lowest BCUT2D eigenvalue weighted by Crippen LogP contribution is -2.49. The second-order valence-electron chi connectivity index (χ2n) is 6.98. The van der Waals surface area contributed by atoms with Crippen LogP contribution in [0.2, 0.25) is 0 Å². The van der Waals surface area contributed by atoms with Crippen molar-refractivity contribution in [1.82, 2.24) is 30.2 Å². The van der Waals surface area contributed by atoms with Crippen LogP contribution >= 0.6 is 12.4 Å². The van der Waals surface area contributed by atoms with E-state index in [1.165, 1.54) is 5.57 Å². The number of hydrogen-bond donors (Lipinski definition) is 2. The molecule has 4 heterocycles. The highest BCUT2D eigenvalue weighted by molar-refractivity contribution is 5.94. The summed E-state index contributed by atoms with van der Waals surface area (Å²) in [5, 5.41) is 3.32. The van der Waals surface area contributed by atoms with Gasteiger partial charge in [0, 0.05) is 37.9 Å². The predicted octanol–water partition coefficient (Wildman–Crippen LogP) is 2.39. The van der Waals surface area contributed by atoms with Gasteiger partial charge < -0.3 is 15.2 Å². The molecule has 0 spiro atoms. The fourth-order valence-corrected chi connectivity index (χ4v) is 3.75. The van der Waals surface area contributed by atoms with Gasteiger partial charge in [0.2, 0.25) is 0 Å². The Bertz CT molecular complexity index is 1010. The lowest BCUT2D eigenvalue weighted by Gasteiger charge is -2.39. The second-order valence-corrected chi connectivity index (χ2v) is 6.98. The van der Waals surface area contributed by atoms with Gasteiger partial charge in [-0.25, -0.2) is 4.98 Å². The first-order valence-corrected chi connectivity index (χ1v) is 9.24. The molecule has 1 amide bonds. The Balaban J connectivity index is 0.00000192. The van der Waals surface area contributed by atoms with E-state index in [0.29, 0.717) is 18.9 Å². The first-order valence-electron chi connectivity index (χ1n) is 9.24. The Morgan fingerprint density at radius 1 is 1.14 bits per heavy atom. The van der Waals surface area contributed by atoms with Gasteiger partial charge >= 0.3 is 0 Å². The number of rotatable bonds is 3. The van der Waals surface area contributed by atoms with E-state index in [1.807, 2.05) is 29.2 Å². The van der Waals surface area contributed by atoms with Gasteiger partial charge in [0.05, 0.1) is 22.4 Å². The molecule has 0 bridgehead atoms. The van der Waals surface area contributed by atoms with Crippen molar-refractivity contribution in [2.24, 2.45) is 0 Å². The van der Waals surface area contributed by atoms with Crippen LogP contribution in [0.4, 0.5) is 0 Å². The van der Waals surface area contributed by atoms with Crippen molar-refractivity contribution in [2.45, 2.75) is 12.3 Å². The highest BCUT2D eigenvalue weighted by atomic mass is 35.5. The molecular formula is C20H21ClN6O. The van der Waals surface area contributed by atoms with Crippen molar-refractivity contribution in [3.8, 4) is 0 Å². The molecule has 1 saturated heterocycles. The van der Waals surface area contributed by atoms with Crippen LogP contribution in [0.25, 0.3) is 16.6 Å². The standard InChI is InChI=1S/C20H20N6O.ClH/c27-20(19-24-15-3-1-2-4-16(15)25-19)26-11-14(12-26)18-17(22-9-10-23-18)13-5-7-21-8-6-13;/h1-5,9-10,14,21H,6-8,11-12H2,(H,24,25);1H. The number of carbonyl (C=O) groups is 1. The van der Waals surface area contributed by atoms with Gasteiger partial charge in [-0.3, -0.25) is 14.8 Å². The molecular weight excluding hydrogens is 376 g/mol. The van der Waals surface area contributed by atoms with Crippen LogP contribution in [-0.4, -0.2) is 56.9 Å². The van der Waals surface area contributed by atoms with Crippen LogP contribution in [0.1, 0.15) is 34.3 Å². The molecule has 0 aliphatic carbocycles. The third-order valence-electron chi connectivity index (χ3n) is 5.24. The van der Waals surface area contributed by atoms with Crippen molar-refractivity contribution in [2.75, 3.05) is 26.2 Å². The first kappa shape index (κ1) is 18.6. The fourth-order valence-electron chi connectivity index (χ4n) is 3.75. The van der Waals surface area contributed by atoms with Crippen LogP contribution < -0.4 is 5.32 Å². The highest BCUT2D eigenvalue weighted by Crippen LogP contribution is 2.32. The summed E-state index contributed by atoms with van der Waals surface area (Å²) in [6, 6.07) is 7.68. The maximum Gasteiger partial charge on any atom is 0.289 e. The normalized spacial score (nSPS) is 17.0. The van der Waals surface area contributed by atoms with Gasteiger partial charge in [0.15, 0.2) is 5.82 Å². The van der Waals surface area contributed by atoms with Gasteiger partial charge in [0.1, 0.15) is 0 Å². The van der Waals surface area contributed by atoms with Crippen molar-refractivity contribution >= 4 is 34.9 Å². The molecule has 2 aliphatic rings. The molecule has 144 valence electrons. The Kier molecular flexibility index (Phi) is 5.11. The molecule has 28 heavy (non-hydrogen) atoms. The van der Waals surface area contributed by atoms with E-state index < -0.39 is 0 Å².